The molecule has 28 heavy (non-hydrogen) atoms. The Balaban J connectivity index is 1.63. The van der Waals surface area contributed by atoms with Gasteiger partial charge in [-0.3, -0.25) is 14.8 Å². The first-order valence-corrected chi connectivity index (χ1v) is 8.62. The number of nitrogens with zero attached hydrogens (tertiary/aromatic N) is 2. The molecule has 0 unspecified atom stereocenters. The molecule has 0 fully saturated rings. The number of aryl methyl sites for hydroxylation is 1. The summed E-state index contributed by atoms with van der Waals surface area (Å²) in [7, 11) is 0. The Kier molecular flexibility index (Phi) is 4.55. The molecule has 0 spiro atoms. The van der Waals surface area contributed by atoms with E-state index < -0.39 is 0 Å². The predicted octanol–water partition coefficient (Wildman–Crippen LogP) is 4.16. The van der Waals surface area contributed by atoms with Crippen molar-refractivity contribution in [2.75, 3.05) is 5.32 Å². The molecular weight excluding hydrogens is 354 g/mol. The van der Waals surface area contributed by atoms with Gasteiger partial charge < -0.3 is 15.5 Å². The van der Waals surface area contributed by atoms with Crippen LogP contribution in [0.2, 0.25) is 0 Å². The molecule has 2 aromatic heterocycles. The summed E-state index contributed by atoms with van der Waals surface area (Å²) in [6.45, 7) is 2.02. The highest BCUT2D eigenvalue weighted by Crippen LogP contribution is 2.26. The SMILES string of the molecule is Cc1cccc(Nc2ccc(Oc3nc4cnccc4c(=O)[nH]3)cc2C=N)c1. The summed E-state index contributed by atoms with van der Waals surface area (Å²) in [4.78, 5) is 23.0. The number of anilines is 2. The summed E-state index contributed by atoms with van der Waals surface area (Å²) in [5.41, 5.74) is 3.64. The molecular formula is C21H17N5O2. The Morgan fingerprint density at radius 1 is 1.18 bits per heavy atom. The minimum Gasteiger partial charge on any atom is -0.426 e. The average Bonchev–Trinajstić information content (AvgIpc) is 2.69. The first-order chi connectivity index (χ1) is 13.6. The van der Waals surface area contributed by atoms with Gasteiger partial charge in [0.15, 0.2) is 0 Å². The Labute approximate surface area is 160 Å². The second-order valence-corrected chi connectivity index (χ2v) is 6.25. The fraction of sp³-hybridized carbons (Fsp3) is 0.0476. The molecule has 138 valence electrons. The molecule has 2 aromatic carbocycles. The molecule has 0 aliphatic carbocycles. The van der Waals surface area contributed by atoms with E-state index in [2.05, 4.69) is 20.3 Å². The zero-order chi connectivity index (χ0) is 19.5. The van der Waals surface area contributed by atoms with Gasteiger partial charge in [-0.05, 0) is 48.9 Å². The number of H-pyrrole nitrogens is 1. The van der Waals surface area contributed by atoms with Gasteiger partial charge in [-0.1, -0.05) is 12.1 Å². The third-order valence-corrected chi connectivity index (χ3v) is 4.18. The number of aromatic amines is 1. The normalized spacial score (nSPS) is 10.6. The van der Waals surface area contributed by atoms with Crippen LogP contribution in [0.1, 0.15) is 11.1 Å². The zero-order valence-corrected chi connectivity index (χ0v) is 15.1. The minimum atomic E-state index is -0.299. The third kappa shape index (κ3) is 3.59. The molecule has 0 saturated carbocycles. The van der Waals surface area contributed by atoms with Crippen molar-refractivity contribution in [2.24, 2.45) is 0 Å². The highest BCUT2D eigenvalue weighted by Gasteiger charge is 2.08. The Hall–Kier alpha value is -4.00. The van der Waals surface area contributed by atoms with Crippen LogP contribution in [0.15, 0.2) is 65.7 Å². The molecule has 0 saturated heterocycles. The van der Waals surface area contributed by atoms with E-state index in [1.54, 1.807) is 18.2 Å². The lowest BCUT2D eigenvalue weighted by Gasteiger charge is -2.12. The topological polar surface area (TPSA) is 104 Å². The summed E-state index contributed by atoms with van der Waals surface area (Å²) in [6.07, 6.45) is 4.29. The van der Waals surface area contributed by atoms with Gasteiger partial charge in [0.2, 0.25) is 0 Å². The molecule has 0 aliphatic rings. The fourth-order valence-corrected chi connectivity index (χ4v) is 2.84. The molecule has 0 atom stereocenters. The fourth-order valence-electron chi connectivity index (χ4n) is 2.84. The van der Waals surface area contributed by atoms with E-state index in [0.717, 1.165) is 16.9 Å². The quantitative estimate of drug-likeness (QED) is 0.457. The summed E-state index contributed by atoms with van der Waals surface area (Å²) >= 11 is 0. The molecule has 3 N–H and O–H groups in total. The van der Waals surface area contributed by atoms with Crippen LogP contribution in [0.25, 0.3) is 10.9 Å². The molecule has 0 bridgehead atoms. The van der Waals surface area contributed by atoms with Crippen molar-refractivity contribution < 1.29 is 4.74 Å². The molecule has 7 heteroatoms. The van der Waals surface area contributed by atoms with Crippen LogP contribution in [0.3, 0.4) is 0 Å². The second kappa shape index (κ2) is 7.32. The van der Waals surface area contributed by atoms with Crippen molar-refractivity contribution in [1.29, 1.82) is 5.41 Å². The first kappa shape index (κ1) is 17.4. The number of fused-ring (bicyclic) bond motifs is 1. The van der Waals surface area contributed by atoms with Gasteiger partial charge in [0.25, 0.3) is 5.56 Å². The molecule has 7 nitrogen and oxygen atoms in total. The predicted molar refractivity (Wildman–Crippen MR) is 109 cm³/mol. The van der Waals surface area contributed by atoms with Crippen LogP contribution in [0, 0.1) is 12.3 Å². The van der Waals surface area contributed by atoms with Gasteiger partial charge in [0.1, 0.15) is 5.75 Å². The van der Waals surface area contributed by atoms with Crippen LogP contribution in [-0.2, 0) is 0 Å². The third-order valence-electron chi connectivity index (χ3n) is 4.18. The minimum absolute atomic E-state index is 0.0702. The summed E-state index contributed by atoms with van der Waals surface area (Å²) in [6, 6.07) is 14.9. The van der Waals surface area contributed by atoms with E-state index in [1.807, 2.05) is 37.3 Å². The lowest BCUT2D eigenvalue weighted by molar-refractivity contribution is 0.443. The number of hydrogen-bond acceptors (Lipinski definition) is 6. The van der Waals surface area contributed by atoms with Gasteiger partial charge in [-0.2, -0.15) is 4.98 Å². The number of hydrogen-bond donors (Lipinski definition) is 3. The monoisotopic (exact) mass is 371 g/mol. The van der Waals surface area contributed by atoms with Crippen LogP contribution in [0.5, 0.6) is 11.8 Å². The van der Waals surface area contributed by atoms with Crippen LogP contribution in [-0.4, -0.2) is 21.2 Å². The number of rotatable bonds is 5. The maximum absolute atomic E-state index is 12.1. The standard InChI is InChI=1S/C21H17N5O2/c1-13-3-2-4-15(9-13)24-18-6-5-16(10-14(18)11-22)28-21-25-19-12-23-8-7-17(19)20(27)26-21/h2-12,22,24H,1H3,(H,25,26,27). The first-order valence-electron chi connectivity index (χ1n) is 8.62. The largest absolute Gasteiger partial charge is 0.426 e. The number of pyridine rings is 1. The average molecular weight is 371 g/mol. The van der Waals surface area contributed by atoms with Crippen molar-refractivity contribution in [3.05, 3.63) is 82.4 Å². The maximum Gasteiger partial charge on any atom is 0.302 e. The Morgan fingerprint density at radius 2 is 2.07 bits per heavy atom. The zero-order valence-electron chi connectivity index (χ0n) is 15.1. The highest BCUT2D eigenvalue weighted by atomic mass is 16.5. The van der Waals surface area contributed by atoms with Crippen LogP contribution < -0.4 is 15.6 Å². The van der Waals surface area contributed by atoms with E-state index in [4.69, 9.17) is 10.1 Å². The van der Waals surface area contributed by atoms with Gasteiger partial charge in [-0.25, -0.2) is 0 Å². The molecule has 4 aromatic rings. The smallest absolute Gasteiger partial charge is 0.302 e. The Morgan fingerprint density at radius 3 is 2.89 bits per heavy atom. The molecule has 0 radical (unpaired) electrons. The van der Waals surface area contributed by atoms with Crippen LogP contribution >= 0.6 is 0 Å². The summed E-state index contributed by atoms with van der Waals surface area (Å²) in [5, 5.41) is 11.5. The van der Waals surface area contributed by atoms with Gasteiger partial charge in [0.05, 0.1) is 17.1 Å². The van der Waals surface area contributed by atoms with E-state index in [1.165, 1.54) is 18.6 Å². The lowest BCUT2D eigenvalue weighted by Crippen LogP contribution is -2.09. The Bertz CT molecular complexity index is 1230. The summed E-state index contributed by atoms with van der Waals surface area (Å²) < 4.78 is 5.71. The van der Waals surface area contributed by atoms with E-state index in [9.17, 15) is 4.79 Å². The number of benzene rings is 2. The van der Waals surface area contributed by atoms with Crippen molar-refractivity contribution in [1.82, 2.24) is 15.0 Å². The highest BCUT2D eigenvalue weighted by molar-refractivity contribution is 5.88. The molecule has 0 amide bonds. The number of nitrogens with one attached hydrogen (secondary N) is 3. The maximum atomic E-state index is 12.1. The van der Waals surface area contributed by atoms with Crippen LogP contribution in [0.4, 0.5) is 11.4 Å². The van der Waals surface area contributed by atoms with E-state index in [0.29, 0.717) is 22.2 Å². The van der Waals surface area contributed by atoms with E-state index >= 15 is 0 Å². The number of ether oxygens (including phenoxy) is 1. The van der Waals surface area contributed by atoms with E-state index in [-0.39, 0.29) is 11.6 Å². The van der Waals surface area contributed by atoms with Gasteiger partial charge in [0, 0.05) is 29.3 Å². The van der Waals surface area contributed by atoms with Crippen molar-refractivity contribution in [3.63, 3.8) is 0 Å². The lowest BCUT2D eigenvalue weighted by atomic mass is 10.1. The number of aromatic nitrogens is 3. The second-order valence-electron chi connectivity index (χ2n) is 6.25. The molecule has 0 aliphatic heterocycles. The van der Waals surface area contributed by atoms with Crippen molar-refractivity contribution in [3.8, 4) is 11.8 Å². The van der Waals surface area contributed by atoms with Crippen molar-refractivity contribution in [2.45, 2.75) is 6.92 Å². The summed E-state index contributed by atoms with van der Waals surface area (Å²) in [5.74, 6) is 0.458. The van der Waals surface area contributed by atoms with Gasteiger partial charge >= 0.3 is 6.01 Å². The van der Waals surface area contributed by atoms with Crippen molar-refractivity contribution >= 4 is 28.5 Å². The van der Waals surface area contributed by atoms with Gasteiger partial charge in [-0.15, -0.1) is 0 Å². The molecule has 4 rings (SSSR count). The molecule has 2 heterocycles.